The van der Waals surface area contributed by atoms with Crippen molar-refractivity contribution in [2.75, 3.05) is 0 Å². The number of carbonyl (C=O) groups is 1. The van der Waals surface area contributed by atoms with Crippen molar-refractivity contribution in [2.45, 2.75) is 13.5 Å². The maximum absolute atomic E-state index is 12.0. The summed E-state index contributed by atoms with van der Waals surface area (Å²) in [6, 6.07) is 5.47. The summed E-state index contributed by atoms with van der Waals surface area (Å²) in [6.07, 6.45) is 1.79. The molecule has 0 aliphatic carbocycles. The summed E-state index contributed by atoms with van der Waals surface area (Å²) in [7, 11) is 0. The highest BCUT2D eigenvalue weighted by molar-refractivity contribution is 9.11. The van der Waals surface area contributed by atoms with Crippen LogP contribution in [0.4, 0.5) is 0 Å². The number of hydrogen-bond acceptors (Lipinski definition) is 3. The van der Waals surface area contributed by atoms with Crippen LogP contribution in [0, 0.1) is 6.92 Å². The van der Waals surface area contributed by atoms with Crippen molar-refractivity contribution in [1.82, 2.24) is 10.3 Å². The molecular weight excluding hydrogens is 380 g/mol. The van der Waals surface area contributed by atoms with Crippen LogP contribution < -0.4 is 5.32 Å². The van der Waals surface area contributed by atoms with Crippen LogP contribution in [0.1, 0.15) is 20.2 Å². The fourth-order valence-corrected chi connectivity index (χ4v) is 3.47. The molecular formula is C12H10Br2N2OS. The molecule has 94 valence electrons. The van der Waals surface area contributed by atoms with E-state index in [0.29, 0.717) is 12.1 Å². The molecule has 0 aliphatic heterocycles. The zero-order valence-electron chi connectivity index (χ0n) is 9.54. The number of amides is 1. The van der Waals surface area contributed by atoms with Gasteiger partial charge in [0.05, 0.1) is 11.6 Å². The quantitative estimate of drug-likeness (QED) is 0.864. The molecule has 0 radical (unpaired) electrons. The molecule has 0 saturated carbocycles. The van der Waals surface area contributed by atoms with Crippen LogP contribution in [-0.2, 0) is 6.54 Å². The molecule has 0 unspecified atom stereocenters. The average Bonchev–Trinajstić information content (AvgIpc) is 2.70. The SMILES string of the molecule is Cc1ncc(CNC(=O)c2cc(Br)cc(Br)c2)s1. The summed E-state index contributed by atoms with van der Waals surface area (Å²) >= 11 is 8.31. The molecule has 6 heteroatoms. The number of carbonyl (C=O) groups excluding carboxylic acids is 1. The number of rotatable bonds is 3. The summed E-state index contributed by atoms with van der Waals surface area (Å²) in [5, 5.41) is 3.88. The van der Waals surface area contributed by atoms with Crippen LogP contribution in [0.5, 0.6) is 0 Å². The van der Waals surface area contributed by atoms with Crippen LogP contribution >= 0.6 is 43.2 Å². The van der Waals surface area contributed by atoms with E-state index in [1.807, 2.05) is 13.0 Å². The van der Waals surface area contributed by atoms with Crippen LogP contribution in [0.15, 0.2) is 33.3 Å². The molecule has 3 nitrogen and oxygen atoms in total. The number of aromatic nitrogens is 1. The number of aryl methyl sites for hydroxylation is 1. The Morgan fingerprint density at radius 1 is 1.33 bits per heavy atom. The van der Waals surface area contributed by atoms with Gasteiger partial charge in [-0.15, -0.1) is 11.3 Å². The van der Waals surface area contributed by atoms with Gasteiger partial charge >= 0.3 is 0 Å². The zero-order valence-corrected chi connectivity index (χ0v) is 13.5. The van der Waals surface area contributed by atoms with Crippen LogP contribution in [0.2, 0.25) is 0 Å². The van der Waals surface area contributed by atoms with Crippen LogP contribution in [0.25, 0.3) is 0 Å². The fraction of sp³-hybridized carbons (Fsp3) is 0.167. The summed E-state index contributed by atoms with van der Waals surface area (Å²) < 4.78 is 1.74. The Bertz CT molecular complexity index is 563. The molecule has 2 rings (SSSR count). The van der Waals surface area contributed by atoms with E-state index in [1.165, 1.54) is 0 Å². The highest BCUT2D eigenvalue weighted by Crippen LogP contribution is 2.20. The molecule has 18 heavy (non-hydrogen) atoms. The Hall–Kier alpha value is -0.720. The summed E-state index contributed by atoms with van der Waals surface area (Å²) in [5.74, 6) is -0.0944. The van der Waals surface area contributed by atoms with E-state index in [9.17, 15) is 4.79 Å². The lowest BCUT2D eigenvalue weighted by molar-refractivity contribution is 0.0951. The third kappa shape index (κ3) is 3.63. The third-order valence-electron chi connectivity index (χ3n) is 2.22. The van der Waals surface area contributed by atoms with Gasteiger partial charge in [-0.3, -0.25) is 4.79 Å². The van der Waals surface area contributed by atoms with E-state index in [1.54, 1.807) is 29.7 Å². The maximum Gasteiger partial charge on any atom is 0.251 e. The van der Waals surface area contributed by atoms with Crippen LogP contribution in [0.3, 0.4) is 0 Å². The van der Waals surface area contributed by atoms with Crippen molar-refractivity contribution in [2.24, 2.45) is 0 Å². The second-order valence-electron chi connectivity index (χ2n) is 3.69. The lowest BCUT2D eigenvalue weighted by Gasteiger charge is -2.04. The van der Waals surface area contributed by atoms with Gasteiger partial charge in [0, 0.05) is 25.6 Å². The van der Waals surface area contributed by atoms with E-state index in [2.05, 4.69) is 42.2 Å². The number of benzene rings is 1. The number of nitrogens with one attached hydrogen (secondary N) is 1. The van der Waals surface area contributed by atoms with Gasteiger partial charge in [-0.1, -0.05) is 31.9 Å². The van der Waals surface area contributed by atoms with Crippen molar-refractivity contribution < 1.29 is 4.79 Å². The molecule has 2 aromatic rings. The molecule has 1 aromatic heterocycles. The van der Waals surface area contributed by atoms with Crippen molar-refractivity contribution in [3.05, 3.63) is 48.8 Å². The lowest BCUT2D eigenvalue weighted by Crippen LogP contribution is -2.22. The van der Waals surface area contributed by atoms with E-state index in [-0.39, 0.29) is 5.91 Å². The van der Waals surface area contributed by atoms with Crippen LogP contribution in [-0.4, -0.2) is 10.9 Å². The van der Waals surface area contributed by atoms with Gasteiger partial charge < -0.3 is 5.32 Å². The van der Waals surface area contributed by atoms with E-state index in [4.69, 9.17) is 0 Å². The number of hydrogen-bond donors (Lipinski definition) is 1. The second-order valence-corrected chi connectivity index (χ2v) is 6.84. The molecule has 1 heterocycles. The molecule has 0 aliphatic rings. The molecule has 0 spiro atoms. The minimum absolute atomic E-state index is 0.0944. The predicted octanol–water partition coefficient (Wildman–Crippen LogP) is 3.91. The molecule has 0 saturated heterocycles. The molecule has 1 aromatic carbocycles. The normalized spacial score (nSPS) is 10.4. The minimum atomic E-state index is -0.0944. The first kappa shape index (κ1) is 13.7. The molecule has 0 atom stereocenters. The standard InChI is InChI=1S/C12H10Br2N2OS/c1-7-15-5-11(18-7)6-16-12(17)8-2-9(13)4-10(14)3-8/h2-5H,6H2,1H3,(H,16,17). The lowest BCUT2D eigenvalue weighted by atomic mass is 10.2. The number of halogens is 2. The summed E-state index contributed by atoms with van der Waals surface area (Å²) in [4.78, 5) is 17.2. The first-order chi connectivity index (χ1) is 8.54. The van der Waals surface area contributed by atoms with E-state index < -0.39 is 0 Å². The van der Waals surface area contributed by atoms with Gasteiger partial charge in [-0.05, 0) is 25.1 Å². The molecule has 1 amide bonds. The van der Waals surface area contributed by atoms with Gasteiger partial charge in [0.25, 0.3) is 5.91 Å². The first-order valence-electron chi connectivity index (χ1n) is 5.20. The Kier molecular flexibility index (Phi) is 4.53. The minimum Gasteiger partial charge on any atom is -0.347 e. The largest absolute Gasteiger partial charge is 0.347 e. The van der Waals surface area contributed by atoms with E-state index in [0.717, 1.165) is 18.8 Å². The highest BCUT2D eigenvalue weighted by Gasteiger charge is 2.08. The van der Waals surface area contributed by atoms with Gasteiger partial charge in [0.15, 0.2) is 0 Å². The van der Waals surface area contributed by atoms with Gasteiger partial charge in [-0.2, -0.15) is 0 Å². The summed E-state index contributed by atoms with van der Waals surface area (Å²) in [6.45, 7) is 2.45. The number of thiazole rings is 1. The fourth-order valence-electron chi connectivity index (χ4n) is 1.44. The number of nitrogens with zero attached hydrogens (tertiary/aromatic N) is 1. The van der Waals surface area contributed by atoms with Crippen molar-refractivity contribution in [1.29, 1.82) is 0 Å². The topological polar surface area (TPSA) is 42.0 Å². The highest BCUT2D eigenvalue weighted by atomic mass is 79.9. The monoisotopic (exact) mass is 388 g/mol. The molecule has 0 fully saturated rings. The van der Waals surface area contributed by atoms with Gasteiger partial charge in [0.2, 0.25) is 0 Å². The van der Waals surface area contributed by atoms with Crippen molar-refractivity contribution >= 4 is 49.1 Å². The van der Waals surface area contributed by atoms with Gasteiger partial charge in [-0.25, -0.2) is 4.98 Å². The summed E-state index contributed by atoms with van der Waals surface area (Å²) in [5.41, 5.74) is 0.623. The Morgan fingerprint density at radius 3 is 2.56 bits per heavy atom. The first-order valence-corrected chi connectivity index (χ1v) is 7.60. The predicted molar refractivity (Wildman–Crippen MR) is 79.9 cm³/mol. The van der Waals surface area contributed by atoms with Crippen molar-refractivity contribution in [3.63, 3.8) is 0 Å². The maximum atomic E-state index is 12.0. The average molecular weight is 390 g/mol. The second kappa shape index (κ2) is 5.95. The zero-order chi connectivity index (χ0) is 13.1. The van der Waals surface area contributed by atoms with Crippen molar-refractivity contribution in [3.8, 4) is 0 Å². The van der Waals surface area contributed by atoms with E-state index >= 15 is 0 Å². The smallest absolute Gasteiger partial charge is 0.251 e. The molecule has 1 N–H and O–H groups in total. The third-order valence-corrected chi connectivity index (χ3v) is 4.05. The Labute approximate surface area is 126 Å². The Morgan fingerprint density at radius 2 is 2.00 bits per heavy atom. The Balaban J connectivity index is 2.03. The molecule has 0 bridgehead atoms. The van der Waals surface area contributed by atoms with Gasteiger partial charge in [0.1, 0.15) is 0 Å².